The van der Waals surface area contributed by atoms with Gasteiger partial charge in [0.15, 0.2) is 0 Å². The molecular formula is C17H18N2OS. The Kier molecular flexibility index (Phi) is 3.99. The summed E-state index contributed by atoms with van der Waals surface area (Å²) in [6, 6.07) is 16.3. The fourth-order valence-corrected chi connectivity index (χ4v) is 3.32. The molecule has 0 bridgehead atoms. The zero-order valence-electron chi connectivity index (χ0n) is 12.2. The number of fused-ring (bicyclic) bond motifs is 1. The second-order valence-corrected chi connectivity index (χ2v) is 6.17. The van der Waals surface area contributed by atoms with Crippen molar-refractivity contribution in [2.24, 2.45) is 7.05 Å². The third kappa shape index (κ3) is 2.96. The Morgan fingerprint density at radius 2 is 2.00 bits per heavy atom. The van der Waals surface area contributed by atoms with E-state index < -0.39 is 6.10 Å². The van der Waals surface area contributed by atoms with Crippen LogP contribution in [-0.4, -0.2) is 14.9 Å². The molecule has 2 aromatic carbocycles. The first kappa shape index (κ1) is 14.2. The lowest BCUT2D eigenvalue weighted by Gasteiger charge is -2.06. The van der Waals surface area contributed by atoms with Crippen LogP contribution in [0.2, 0.25) is 0 Å². The van der Waals surface area contributed by atoms with Crippen molar-refractivity contribution in [2.75, 3.05) is 0 Å². The molecule has 21 heavy (non-hydrogen) atoms. The SMILES string of the molecule is CC(O)c1cccc(SCc2nn(C)c3ccccc23)c1. The molecule has 1 atom stereocenters. The van der Waals surface area contributed by atoms with Gasteiger partial charge in [-0.15, -0.1) is 11.8 Å². The highest BCUT2D eigenvalue weighted by Gasteiger charge is 2.09. The molecule has 0 fully saturated rings. The van der Waals surface area contributed by atoms with Crippen LogP contribution in [-0.2, 0) is 12.8 Å². The molecule has 0 radical (unpaired) electrons. The van der Waals surface area contributed by atoms with E-state index in [-0.39, 0.29) is 0 Å². The Bertz CT molecular complexity index is 764. The highest BCUT2D eigenvalue weighted by Crippen LogP contribution is 2.28. The van der Waals surface area contributed by atoms with E-state index in [1.54, 1.807) is 18.7 Å². The van der Waals surface area contributed by atoms with E-state index >= 15 is 0 Å². The average molecular weight is 298 g/mol. The molecular weight excluding hydrogens is 280 g/mol. The third-order valence-corrected chi connectivity index (χ3v) is 4.56. The summed E-state index contributed by atoms with van der Waals surface area (Å²) in [5, 5.41) is 15.5. The number of benzene rings is 2. The van der Waals surface area contributed by atoms with Crippen molar-refractivity contribution in [1.29, 1.82) is 0 Å². The number of aliphatic hydroxyl groups excluding tert-OH is 1. The Morgan fingerprint density at radius 3 is 2.81 bits per heavy atom. The summed E-state index contributed by atoms with van der Waals surface area (Å²) >= 11 is 1.75. The van der Waals surface area contributed by atoms with Crippen molar-refractivity contribution >= 4 is 22.7 Å². The van der Waals surface area contributed by atoms with E-state index in [1.165, 1.54) is 5.39 Å². The topological polar surface area (TPSA) is 38.1 Å². The van der Waals surface area contributed by atoms with Crippen LogP contribution >= 0.6 is 11.8 Å². The standard InChI is InChI=1S/C17H18N2OS/c1-12(20)13-6-5-7-14(10-13)21-11-16-15-8-3-4-9-17(15)19(2)18-16/h3-10,12,20H,11H2,1-2H3. The van der Waals surface area contributed by atoms with Gasteiger partial charge < -0.3 is 5.11 Å². The summed E-state index contributed by atoms with van der Waals surface area (Å²) < 4.78 is 1.93. The number of aromatic nitrogens is 2. The van der Waals surface area contributed by atoms with Crippen molar-refractivity contribution in [2.45, 2.75) is 23.7 Å². The molecule has 0 spiro atoms. The largest absolute Gasteiger partial charge is 0.389 e. The fourth-order valence-electron chi connectivity index (χ4n) is 2.41. The molecule has 1 aromatic heterocycles. The number of hydrogen-bond acceptors (Lipinski definition) is 3. The number of rotatable bonds is 4. The van der Waals surface area contributed by atoms with Gasteiger partial charge in [0.1, 0.15) is 0 Å². The molecule has 3 nitrogen and oxygen atoms in total. The number of nitrogens with zero attached hydrogens (tertiary/aromatic N) is 2. The molecule has 3 aromatic rings. The Morgan fingerprint density at radius 1 is 1.19 bits per heavy atom. The maximum Gasteiger partial charge on any atom is 0.0805 e. The van der Waals surface area contributed by atoms with E-state index in [0.29, 0.717) is 0 Å². The van der Waals surface area contributed by atoms with E-state index in [4.69, 9.17) is 0 Å². The van der Waals surface area contributed by atoms with Gasteiger partial charge in [0.2, 0.25) is 0 Å². The normalized spacial score (nSPS) is 12.7. The highest BCUT2D eigenvalue weighted by atomic mass is 32.2. The summed E-state index contributed by atoms with van der Waals surface area (Å²) in [5.41, 5.74) is 3.21. The van der Waals surface area contributed by atoms with Gasteiger partial charge in [-0.3, -0.25) is 4.68 Å². The fraction of sp³-hybridized carbons (Fsp3) is 0.235. The first-order valence-electron chi connectivity index (χ1n) is 6.96. The van der Waals surface area contributed by atoms with Gasteiger partial charge in [-0.2, -0.15) is 5.10 Å². The van der Waals surface area contributed by atoms with Gasteiger partial charge in [0.05, 0.1) is 17.3 Å². The molecule has 1 heterocycles. The number of hydrogen-bond donors (Lipinski definition) is 1. The van der Waals surface area contributed by atoms with Crippen molar-refractivity contribution in [3.8, 4) is 0 Å². The third-order valence-electron chi connectivity index (χ3n) is 3.55. The Hall–Kier alpha value is -1.78. The van der Waals surface area contributed by atoms with Gasteiger partial charge in [0, 0.05) is 23.1 Å². The number of thioether (sulfide) groups is 1. The van der Waals surface area contributed by atoms with Crippen LogP contribution in [0.3, 0.4) is 0 Å². The average Bonchev–Trinajstić information content (AvgIpc) is 2.82. The van der Waals surface area contributed by atoms with E-state index in [2.05, 4.69) is 23.3 Å². The zero-order chi connectivity index (χ0) is 14.8. The van der Waals surface area contributed by atoms with Gasteiger partial charge in [0.25, 0.3) is 0 Å². The van der Waals surface area contributed by atoms with Gasteiger partial charge in [-0.05, 0) is 30.7 Å². The molecule has 1 N–H and O–H groups in total. The van der Waals surface area contributed by atoms with Crippen molar-refractivity contribution in [3.63, 3.8) is 0 Å². The second kappa shape index (κ2) is 5.92. The summed E-state index contributed by atoms with van der Waals surface area (Å²) in [6.45, 7) is 1.79. The van der Waals surface area contributed by atoms with Crippen molar-refractivity contribution < 1.29 is 5.11 Å². The minimum absolute atomic E-state index is 0.429. The summed E-state index contributed by atoms with van der Waals surface area (Å²) in [7, 11) is 1.98. The summed E-state index contributed by atoms with van der Waals surface area (Å²) in [6.07, 6.45) is -0.429. The molecule has 0 saturated heterocycles. The quantitative estimate of drug-likeness (QED) is 0.742. The molecule has 1 unspecified atom stereocenters. The molecule has 108 valence electrons. The van der Waals surface area contributed by atoms with Crippen LogP contribution < -0.4 is 0 Å². The monoisotopic (exact) mass is 298 g/mol. The number of aryl methyl sites for hydroxylation is 1. The predicted octanol–water partition coefficient (Wildman–Crippen LogP) is 3.92. The summed E-state index contributed by atoms with van der Waals surface area (Å²) in [4.78, 5) is 1.16. The maximum atomic E-state index is 9.65. The molecule has 4 heteroatoms. The minimum atomic E-state index is -0.429. The highest BCUT2D eigenvalue weighted by molar-refractivity contribution is 7.98. The zero-order valence-corrected chi connectivity index (χ0v) is 13.0. The van der Waals surface area contributed by atoms with Crippen LogP contribution in [0.25, 0.3) is 10.9 Å². The van der Waals surface area contributed by atoms with Gasteiger partial charge >= 0.3 is 0 Å². The van der Waals surface area contributed by atoms with Gasteiger partial charge in [-0.1, -0.05) is 30.3 Å². The molecule has 0 aliphatic rings. The van der Waals surface area contributed by atoms with Crippen LogP contribution in [0.4, 0.5) is 0 Å². The smallest absolute Gasteiger partial charge is 0.0805 e. The lowest BCUT2D eigenvalue weighted by Crippen LogP contribution is -1.92. The molecule has 0 aliphatic heterocycles. The maximum absolute atomic E-state index is 9.65. The molecule has 0 aliphatic carbocycles. The van der Waals surface area contributed by atoms with E-state index in [1.807, 2.05) is 42.1 Å². The lowest BCUT2D eigenvalue weighted by atomic mass is 10.1. The van der Waals surface area contributed by atoms with Crippen molar-refractivity contribution in [3.05, 3.63) is 59.8 Å². The second-order valence-electron chi connectivity index (χ2n) is 5.12. The lowest BCUT2D eigenvalue weighted by molar-refractivity contribution is 0.199. The van der Waals surface area contributed by atoms with E-state index in [0.717, 1.165) is 27.4 Å². The number of aliphatic hydroxyl groups is 1. The molecule has 0 amide bonds. The van der Waals surface area contributed by atoms with Crippen LogP contribution in [0.1, 0.15) is 24.3 Å². The Labute approximate surface area is 128 Å². The summed E-state index contributed by atoms with van der Waals surface area (Å²) in [5.74, 6) is 0.824. The van der Waals surface area contributed by atoms with Crippen LogP contribution in [0.5, 0.6) is 0 Å². The van der Waals surface area contributed by atoms with Crippen LogP contribution in [0.15, 0.2) is 53.4 Å². The molecule has 0 saturated carbocycles. The number of para-hydroxylation sites is 1. The Balaban J connectivity index is 1.82. The first-order valence-corrected chi connectivity index (χ1v) is 7.95. The van der Waals surface area contributed by atoms with Crippen LogP contribution in [0, 0.1) is 0 Å². The minimum Gasteiger partial charge on any atom is -0.389 e. The van der Waals surface area contributed by atoms with Gasteiger partial charge in [-0.25, -0.2) is 0 Å². The van der Waals surface area contributed by atoms with E-state index in [9.17, 15) is 5.11 Å². The molecule has 3 rings (SSSR count). The van der Waals surface area contributed by atoms with Crippen molar-refractivity contribution in [1.82, 2.24) is 9.78 Å². The predicted molar refractivity (Wildman–Crippen MR) is 87.4 cm³/mol. The first-order chi connectivity index (χ1) is 10.1.